The lowest BCUT2D eigenvalue weighted by molar-refractivity contribution is 0.541. The Morgan fingerprint density at radius 1 is 1.08 bits per heavy atom. The minimum Gasteiger partial charge on any atom is -0.346 e. The number of hydrogen-bond donors (Lipinski definition) is 0. The molecule has 0 fully saturated rings. The van der Waals surface area contributed by atoms with Gasteiger partial charge in [-0.05, 0) is 19.4 Å². The van der Waals surface area contributed by atoms with Crippen molar-refractivity contribution in [3.8, 4) is 0 Å². The number of aromatic nitrogens is 4. The first kappa shape index (κ1) is 15.4. The monoisotopic (exact) mass is 339 g/mol. The van der Waals surface area contributed by atoms with Crippen LogP contribution in [-0.4, -0.2) is 19.9 Å². The quantitative estimate of drug-likeness (QED) is 0.673. The summed E-state index contributed by atoms with van der Waals surface area (Å²) in [6.07, 6.45) is 3.65. The molecule has 1 aliphatic heterocycles. The van der Waals surface area contributed by atoms with Crippen molar-refractivity contribution in [2.75, 3.05) is 4.90 Å². The minimum absolute atomic E-state index is 0.0360. The second-order valence-corrected chi connectivity index (χ2v) is 8.64. The Balaban J connectivity index is 1.75. The molecule has 4 rings (SSSR count). The first-order valence-corrected chi connectivity index (χ1v) is 8.97. The molecule has 0 spiro atoms. The first-order chi connectivity index (χ1) is 11.3. The van der Waals surface area contributed by atoms with Gasteiger partial charge in [0.2, 0.25) is 0 Å². The summed E-state index contributed by atoms with van der Waals surface area (Å²) in [5, 5.41) is 1.18. The van der Waals surface area contributed by atoms with E-state index in [1.807, 2.05) is 6.20 Å². The maximum Gasteiger partial charge on any atom is 0.141 e. The molecule has 4 heterocycles. The Hall–Kier alpha value is -2.08. The molecule has 1 aliphatic rings. The summed E-state index contributed by atoms with van der Waals surface area (Å²) < 4.78 is 0. The average molecular weight is 339 g/mol. The Bertz CT molecular complexity index is 938. The van der Waals surface area contributed by atoms with Gasteiger partial charge in [0.1, 0.15) is 22.8 Å². The topological polar surface area (TPSA) is 54.8 Å². The van der Waals surface area contributed by atoms with Gasteiger partial charge in [-0.2, -0.15) is 0 Å². The standard InChI is InChI=1S/C18H21N5S/c1-10-11(2)24-16-14(10)15(20-9-21-16)23-7-12-6-19-17(18(3,4)5)22-13(12)8-23/h6,9H,7-8H2,1-5H3. The molecule has 0 unspecified atom stereocenters. The molecule has 5 nitrogen and oxygen atoms in total. The summed E-state index contributed by atoms with van der Waals surface area (Å²) >= 11 is 1.74. The first-order valence-electron chi connectivity index (χ1n) is 8.15. The molecule has 0 radical (unpaired) electrons. The van der Waals surface area contributed by atoms with E-state index in [0.29, 0.717) is 0 Å². The lowest BCUT2D eigenvalue weighted by atomic mass is 9.95. The Morgan fingerprint density at radius 3 is 2.62 bits per heavy atom. The van der Waals surface area contributed by atoms with Crippen LogP contribution in [0.25, 0.3) is 10.2 Å². The van der Waals surface area contributed by atoms with Crippen LogP contribution < -0.4 is 4.90 Å². The van der Waals surface area contributed by atoms with Crippen molar-refractivity contribution in [1.82, 2.24) is 19.9 Å². The maximum atomic E-state index is 4.81. The van der Waals surface area contributed by atoms with E-state index in [1.54, 1.807) is 17.7 Å². The summed E-state index contributed by atoms with van der Waals surface area (Å²) in [6.45, 7) is 12.3. The van der Waals surface area contributed by atoms with Crippen LogP contribution in [0.1, 0.15) is 48.3 Å². The van der Waals surface area contributed by atoms with Gasteiger partial charge in [-0.25, -0.2) is 19.9 Å². The number of anilines is 1. The van der Waals surface area contributed by atoms with Gasteiger partial charge >= 0.3 is 0 Å². The van der Waals surface area contributed by atoms with Crippen molar-refractivity contribution in [2.45, 2.75) is 53.1 Å². The minimum atomic E-state index is -0.0360. The molecule has 0 amide bonds. The fraction of sp³-hybridized carbons (Fsp3) is 0.444. The third-order valence-electron chi connectivity index (χ3n) is 4.57. The zero-order valence-electron chi connectivity index (χ0n) is 14.7. The number of aryl methyl sites for hydroxylation is 2. The summed E-state index contributed by atoms with van der Waals surface area (Å²) in [5.41, 5.74) is 3.56. The summed E-state index contributed by atoms with van der Waals surface area (Å²) in [7, 11) is 0. The Kier molecular flexibility index (Phi) is 3.35. The molecule has 3 aromatic heterocycles. The highest BCUT2D eigenvalue weighted by Gasteiger charge is 2.27. The summed E-state index contributed by atoms with van der Waals surface area (Å²) in [5.74, 6) is 1.91. The highest BCUT2D eigenvalue weighted by molar-refractivity contribution is 7.18. The molecule has 24 heavy (non-hydrogen) atoms. The highest BCUT2D eigenvalue weighted by Crippen LogP contribution is 2.37. The smallest absolute Gasteiger partial charge is 0.141 e. The molecule has 0 saturated carbocycles. The van der Waals surface area contributed by atoms with Crippen molar-refractivity contribution >= 4 is 27.4 Å². The molecule has 0 bridgehead atoms. The normalized spacial score (nSPS) is 14.5. The van der Waals surface area contributed by atoms with Crippen LogP contribution in [0.4, 0.5) is 5.82 Å². The summed E-state index contributed by atoms with van der Waals surface area (Å²) in [6, 6.07) is 0. The van der Waals surface area contributed by atoms with Crippen LogP contribution in [-0.2, 0) is 18.5 Å². The van der Waals surface area contributed by atoms with E-state index < -0.39 is 0 Å². The SMILES string of the molecule is Cc1sc2ncnc(N3Cc4cnc(C(C)(C)C)nc4C3)c2c1C. The highest BCUT2D eigenvalue weighted by atomic mass is 32.1. The second kappa shape index (κ2) is 5.21. The van der Waals surface area contributed by atoms with Gasteiger partial charge in [0.15, 0.2) is 0 Å². The van der Waals surface area contributed by atoms with E-state index >= 15 is 0 Å². The number of rotatable bonds is 1. The van der Waals surface area contributed by atoms with Gasteiger partial charge in [-0.3, -0.25) is 0 Å². The van der Waals surface area contributed by atoms with Gasteiger partial charge in [-0.15, -0.1) is 11.3 Å². The maximum absolute atomic E-state index is 4.81. The van der Waals surface area contributed by atoms with Crippen LogP contribution in [0.2, 0.25) is 0 Å². The van der Waals surface area contributed by atoms with Crippen molar-refractivity contribution in [1.29, 1.82) is 0 Å². The lowest BCUT2D eigenvalue weighted by Crippen LogP contribution is -2.18. The van der Waals surface area contributed by atoms with E-state index in [9.17, 15) is 0 Å². The van der Waals surface area contributed by atoms with Crippen molar-refractivity contribution < 1.29 is 0 Å². The predicted molar refractivity (Wildman–Crippen MR) is 97.5 cm³/mol. The van der Waals surface area contributed by atoms with Crippen LogP contribution >= 0.6 is 11.3 Å². The van der Waals surface area contributed by atoms with Gasteiger partial charge in [0, 0.05) is 28.6 Å². The molecule has 0 aromatic carbocycles. The fourth-order valence-corrected chi connectivity index (χ4v) is 4.06. The molecule has 0 saturated heterocycles. The number of hydrogen-bond acceptors (Lipinski definition) is 6. The molecular weight excluding hydrogens is 318 g/mol. The van der Waals surface area contributed by atoms with Gasteiger partial charge in [0.05, 0.1) is 17.6 Å². The largest absolute Gasteiger partial charge is 0.346 e. The van der Waals surface area contributed by atoms with Crippen molar-refractivity contribution in [2.24, 2.45) is 0 Å². The van der Waals surface area contributed by atoms with Crippen LogP contribution in [0.5, 0.6) is 0 Å². The molecular formula is C18H21N5S. The predicted octanol–water partition coefficient (Wildman–Crippen LogP) is 3.92. The lowest BCUT2D eigenvalue weighted by Gasteiger charge is -2.17. The fourth-order valence-electron chi connectivity index (χ4n) is 3.07. The Labute approximate surface area is 145 Å². The second-order valence-electron chi connectivity index (χ2n) is 7.43. The van der Waals surface area contributed by atoms with Crippen molar-refractivity contribution in [3.05, 3.63) is 40.0 Å². The molecule has 0 aliphatic carbocycles. The third-order valence-corrected chi connectivity index (χ3v) is 5.69. The third kappa shape index (κ3) is 2.36. The van der Waals surface area contributed by atoms with Crippen LogP contribution in [0, 0.1) is 13.8 Å². The molecule has 0 atom stereocenters. The molecule has 6 heteroatoms. The molecule has 3 aromatic rings. The average Bonchev–Trinajstić information content (AvgIpc) is 3.07. The van der Waals surface area contributed by atoms with E-state index in [4.69, 9.17) is 4.98 Å². The van der Waals surface area contributed by atoms with Crippen LogP contribution in [0.3, 0.4) is 0 Å². The zero-order valence-corrected chi connectivity index (χ0v) is 15.5. The van der Waals surface area contributed by atoms with Gasteiger partial charge in [0.25, 0.3) is 0 Å². The zero-order chi connectivity index (χ0) is 17.1. The summed E-state index contributed by atoms with van der Waals surface area (Å²) in [4.78, 5) is 23.1. The number of fused-ring (bicyclic) bond motifs is 2. The number of nitrogens with zero attached hydrogens (tertiary/aromatic N) is 5. The van der Waals surface area contributed by atoms with Crippen molar-refractivity contribution in [3.63, 3.8) is 0 Å². The van der Waals surface area contributed by atoms with Crippen LogP contribution in [0.15, 0.2) is 12.5 Å². The van der Waals surface area contributed by atoms with E-state index in [0.717, 1.165) is 35.3 Å². The van der Waals surface area contributed by atoms with Gasteiger partial charge < -0.3 is 4.90 Å². The number of thiophene rings is 1. The van der Waals surface area contributed by atoms with E-state index in [2.05, 4.69) is 54.5 Å². The molecule has 0 N–H and O–H groups in total. The molecule has 124 valence electrons. The Morgan fingerprint density at radius 2 is 1.88 bits per heavy atom. The van der Waals surface area contributed by atoms with Gasteiger partial charge in [-0.1, -0.05) is 20.8 Å². The van der Waals surface area contributed by atoms with E-state index in [-0.39, 0.29) is 5.41 Å². The van der Waals surface area contributed by atoms with E-state index in [1.165, 1.54) is 21.4 Å².